The van der Waals surface area contributed by atoms with E-state index in [2.05, 4.69) is 19.6 Å². The van der Waals surface area contributed by atoms with Gasteiger partial charge in [-0.3, -0.25) is 0 Å². The lowest BCUT2D eigenvalue weighted by Gasteiger charge is -2.04. The van der Waals surface area contributed by atoms with Gasteiger partial charge in [-0.25, -0.2) is 0 Å². The Morgan fingerprint density at radius 3 is 2.12 bits per heavy atom. The molecule has 0 aliphatic rings. The fourth-order valence-electron chi connectivity index (χ4n) is 0.370. The van der Waals surface area contributed by atoms with E-state index in [1.165, 1.54) is 0 Å². The highest BCUT2D eigenvalue weighted by Crippen LogP contribution is 1.99. The predicted octanol–water partition coefficient (Wildman–Crippen LogP) is 1.32. The first-order valence-electron chi connectivity index (χ1n) is 2.66. The van der Waals surface area contributed by atoms with Gasteiger partial charge >= 0.3 is 0 Å². The lowest BCUT2D eigenvalue weighted by molar-refractivity contribution is 0.587. The molecule has 0 aromatic carbocycles. The summed E-state index contributed by atoms with van der Waals surface area (Å²) >= 11 is 4.10. The Kier molecular flexibility index (Phi) is 10.8. The van der Waals surface area contributed by atoms with Crippen LogP contribution in [0.25, 0.3) is 0 Å². The molecule has 3 heteroatoms. The van der Waals surface area contributed by atoms with E-state index in [9.17, 15) is 0 Å². The van der Waals surface area contributed by atoms with Crippen molar-refractivity contribution >= 4 is 25.0 Å². The van der Waals surface area contributed by atoms with Gasteiger partial charge < -0.3 is 5.73 Å². The van der Waals surface area contributed by atoms with Gasteiger partial charge in [-0.1, -0.05) is 13.3 Å². The van der Waals surface area contributed by atoms with Gasteiger partial charge in [0.15, 0.2) is 0 Å². The fraction of sp³-hybridized carbons (Fsp3) is 1.00. The average Bonchev–Trinajstić information content (AvgIpc) is 1.72. The molecular formula is C5H14ClNS. The van der Waals surface area contributed by atoms with E-state index in [1.807, 2.05) is 0 Å². The molecule has 1 atom stereocenters. The molecule has 0 spiro atoms. The minimum atomic E-state index is 0. The van der Waals surface area contributed by atoms with Crippen LogP contribution in [-0.4, -0.2) is 12.3 Å². The number of nitrogens with two attached hydrogens (primary N) is 1. The van der Waals surface area contributed by atoms with Crippen LogP contribution in [0.2, 0.25) is 0 Å². The molecule has 8 heavy (non-hydrogen) atoms. The van der Waals surface area contributed by atoms with Crippen molar-refractivity contribution < 1.29 is 0 Å². The first-order chi connectivity index (χ1) is 3.35. The third-order valence-corrected chi connectivity index (χ3v) is 1.69. The normalized spacial score (nSPS) is 12.4. The molecule has 0 aromatic rings. The summed E-state index contributed by atoms with van der Waals surface area (Å²) in [6, 6.07) is 0. The smallest absolute Gasteiger partial charge is 0.00412 e. The molecule has 2 N–H and O–H groups in total. The topological polar surface area (TPSA) is 26.0 Å². The first-order valence-corrected chi connectivity index (χ1v) is 3.29. The summed E-state index contributed by atoms with van der Waals surface area (Å²) in [6.45, 7) is 2.91. The molecule has 0 amide bonds. The third kappa shape index (κ3) is 4.75. The average molecular weight is 156 g/mol. The Bertz CT molecular complexity index is 33.9. The summed E-state index contributed by atoms with van der Waals surface area (Å²) < 4.78 is 0. The van der Waals surface area contributed by atoms with Crippen LogP contribution in [-0.2, 0) is 0 Å². The van der Waals surface area contributed by atoms with Gasteiger partial charge in [0.25, 0.3) is 0 Å². The monoisotopic (exact) mass is 155 g/mol. The number of rotatable bonds is 3. The standard InChI is InChI=1S/C5H13NS.ClH/c1-2-5(3-6)4-7;/h5,7H,2-4,6H2,1H3;1H. The third-order valence-electron chi connectivity index (χ3n) is 1.17. The number of thiol groups is 1. The lowest BCUT2D eigenvalue weighted by atomic mass is 10.1. The van der Waals surface area contributed by atoms with E-state index in [0.717, 1.165) is 18.7 Å². The Morgan fingerprint density at radius 1 is 1.62 bits per heavy atom. The zero-order valence-corrected chi connectivity index (χ0v) is 6.84. The van der Waals surface area contributed by atoms with E-state index >= 15 is 0 Å². The summed E-state index contributed by atoms with van der Waals surface area (Å²) in [5, 5.41) is 0. The van der Waals surface area contributed by atoms with Gasteiger partial charge in [0.2, 0.25) is 0 Å². The maximum Gasteiger partial charge on any atom is -0.00412 e. The van der Waals surface area contributed by atoms with Crippen LogP contribution in [0.5, 0.6) is 0 Å². The predicted molar refractivity (Wildman–Crippen MR) is 43.9 cm³/mol. The van der Waals surface area contributed by atoms with Gasteiger partial charge in [-0.2, -0.15) is 12.6 Å². The molecule has 0 radical (unpaired) electrons. The van der Waals surface area contributed by atoms with E-state index in [-0.39, 0.29) is 12.4 Å². The molecule has 0 rings (SSSR count). The largest absolute Gasteiger partial charge is 0.330 e. The SMILES string of the molecule is CCC(CN)CS.Cl. The molecule has 1 nitrogen and oxygen atoms in total. The number of hydrogen-bond acceptors (Lipinski definition) is 2. The van der Waals surface area contributed by atoms with Crippen LogP contribution in [0, 0.1) is 5.92 Å². The zero-order valence-electron chi connectivity index (χ0n) is 5.13. The summed E-state index contributed by atoms with van der Waals surface area (Å²) in [5.74, 6) is 1.55. The molecule has 0 fully saturated rings. The van der Waals surface area contributed by atoms with Gasteiger partial charge in [0, 0.05) is 0 Å². The number of halogens is 1. The van der Waals surface area contributed by atoms with E-state index in [4.69, 9.17) is 5.73 Å². The minimum Gasteiger partial charge on any atom is -0.330 e. The molecule has 0 saturated heterocycles. The molecule has 0 bridgehead atoms. The maximum absolute atomic E-state index is 5.34. The van der Waals surface area contributed by atoms with Crippen molar-refractivity contribution in [3.8, 4) is 0 Å². The van der Waals surface area contributed by atoms with Crippen molar-refractivity contribution in [2.75, 3.05) is 12.3 Å². The van der Waals surface area contributed by atoms with E-state index < -0.39 is 0 Å². The van der Waals surface area contributed by atoms with Gasteiger partial charge in [-0.05, 0) is 18.2 Å². The first kappa shape index (κ1) is 11.4. The highest BCUT2D eigenvalue weighted by Gasteiger charge is 1.96. The van der Waals surface area contributed by atoms with Crippen LogP contribution in [0.15, 0.2) is 0 Å². The van der Waals surface area contributed by atoms with Gasteiger partial charge in [0.05, 0.1) is 0 Å². The van der Waals surface area contributed by atoms with Gasteiger partial charge in [0.1, 0.15) is 0 Å². The van der Waals surface area contributed by atoms with Crippen LogP contribution in [0.3, 0.4) is 0 Å². The summed E-state index contributed by atoms with van der Waals surface area (Å²) in [4.78, 5) is 0. The summed E-state index contributed by atoms with van der Waals surface area (Å²) in [7, 11) is 0. The van der Waals surface area contributed by atoms with Crippen molar-refractivity contribution in [3.05, 3.63) is 0 Å². The van der Waals surface area contributed by atoms with Crippen molar-refractivity contribution in [3.63, 3.8) is 0 Å². The summed E-state index contributed by atoms with van der Waals surface area (Å²) in [5.41, 5.74) is 5.34. The zero-order chi connectivity index (χ0) is 5.70. The lowest BCUT2D eigenvalue weighted by Crippen LogP contribution is -2.14. The summed E-state index contributed by atoms with van der Waals surface area (Å²) in [6.07, 6.45) is 1.15. The van der Waals surface area contributed by atoms with Gasteiger partial charge in [-0.15, -0.1) is 12.4 Å². The Balaban J connectivity index is 0. The van der Waals surface area contributed by atoms with Crippen LogP contribution in [0.1, 0.15) is 13.3 Å². The molecule has 0 aliphatic heterocycles. The van der Waals surface area contributed by atoms with Crippen molar-refractivity contribution in [2.24, 2.45) is 11.7 Å². The minimum absolute atomic E-state index is 0. The van der Waals surface area contributed by atoms with Crippen LogP contribution < -0.4 is 5.73 Å². The highest BCUT2D eigenvalue weighted by atomic mass is 35.5. The molecule has 0 aliphatic carbocycles. The van der Waals surface area contributed by atoms with Crippen molar-refractivity contribution in [2.45, 2.75) is 13.3 Å². The van der Waals surface area contributed by atoms with Crippen molar-refractivity contribution in [1.82, 2.24) is 0 Å². The van der Waals surface area contributed by atoms with E-state index in [0.29, 0.717) is 5.92 Å². The second-order valence-corrected chi connectivity index (χ2v) is 2.06. The highest BCUT2D eigenvalue weighted by molar-refractivity contribution is 7.80. The molecule has 0 aromatic heterocycles. The molecular weight excluding hydrogens is 142 g/mol. The fourth-order valence-corrected chi connectivity index (χ4v) is 0.778. The van der Waals surface area contributed by atoms with Crippen LogP contribution in [0.4, 0.5) is 0 Å². The second-order valence-electron chi connectivity index (χ2n) is 1.69. The van der Waals surface area contributed by atoms with Crippen LogP contribution >= 0.6 is 25.0 Å². The number of hydrogen-bond donors (Lipinski definition) is 2. The van der Waals surface area contributed by atoms with E-state index in [1.54, 1.807) is 0 Å². The van der Waals surface area contributed by atoms with Crippen molar-refractivity contribution in [1.29, 1.82) is 0 Å². The molecule has 0 saturated carbocycles. The molecule has 1 unspecified atom stereocenters. The maximum atomic E-state index is 5.34. The Morgan fingerprint density at radius 2 is 2.12 bits per heavy atom. The second kappa shape index (κ2) is 7.60. The molecule has 0 heterocycles. The Hall–Kier alpha value is 0.600. The quantitative estimate of drug-likeness (QED) is 0.591. The Labute approximate surface area is 62.8 Å². The molecule has 52 valence electrons.